The molecule has 0 aromatic heterocycles. The van der Waals surface area contributed by atoms with Gasteiger partial charge in [-0.3, -0.25) is 0 Å². The molecule has 1 N–H and O–H groups in total. The molecule has 0 saturated heterocycles. The second-order valence-corrected chi connectivity index (χ2v) is 4.91. The molecule has 0 heterocycles. The van der Waals surface area contributed by atoms with Crippen LogP contribution in [0.4, 0.5) is 0 Å². The molecule has 0 fully saturated rings. The molecule has 2 atom stereocenters. The second kappa shape index (κ2) is 6.70. The summed E-state index contributed by atoms with van der Waals surface area (Å²) in [7, 11) is 0. The minimum absolute atomic E-state index is 0.598. The minimum Gasteiger partial charge on any atom is -0.314 e. The van der Waals surface area contributed by atoms with Crippen molar-refractivity contribution in [1.29, 1.82) is 0 Å². The Bertz CT molecular complexity index is 306. The summed E-state index contributed by atoms with van der Waals surface area (Å²) in [6.45, 7) is 10.1. The molecule has 0 aliphatic rings. The summed E-state index contributed by atoms with van der Waals surface area (Å²) in [5.74, 6) is 0.688. The van der Waals surface area contributed by atoms with Gasteiger partial charge in [0.25, 0.3) is 0 Å². The highest BCUT2D eigenvalue weighted by molar-refractivity contribution is 5.22. The Balaban J connectivity index is 2.47. The van der Waals surface area contributed by atoms with Gasteiger partial charge in [0.1, 0.15) is 0 Å². The highest BCUT2D eigenvalue weighted by Crippen LogP contribution is 2.13. The van der Waals surface area contributed by atoms with Crippen LogP contribution in [0.2, 0.25) is 0 Å². The smallest absolute Gasteiger partial charge is 0.00675 e. The molecule has 1 aromatic carbocycles. The molecule has 2 unspecified atom stereocenters. The van der Waals surface area contributed by atoms with E-state index in [4.69, 9.17) is 0 Å². The standard InChI is InChI=1S/C15H25N/c1-5-9-16-14(4)13(3)11-15-8-6-7-12(2)10-15/h6-8,10,13-14,16H,5,9,11H2,1-4H3. The fourth-order valence-electron chi connectivity index (χ4n) is 1.96. The zero-order valence-electron chi connectivity index (χ0n) is 11.1. The SMILES string of the molecule is CCCNC(C)C(C)Cc1cccc(C)c1. The summed E-state index contributed by atoms with van der Waals surface area (Å²) in [6.07, 6.45) is 2.38. The summed E-state index contributed by atoms with van der Waals surface area (Å²) >= 11 is 0. The summed E-state index contributed by atoms with van der Waals surface area (Å²) in [4.78, 5) is 0. The van der Waals surface area contributed by atoms with Gasteiger partial charge >= 0.3 is 0 Å². The predicted octanol–water partition coefficient (Wildman–Crippen LogP) is 3.56. The van der Waals surface area contributed by atoms with Gasteiger partial charge in [0, 0.05) is 6.04 Å². The highest BCUT2D eigenvalue weighted by Gasteiger charge is 2.11. The van der Waals surface area contributed by atoms with E-state index < -0.39 is 0 Å². The molecule has 0 amide bonds. The molecule has 0 saturated carbocycles. The maximum Gasteiger partial charge on any atom is 0.00675 e. The highest BCUT2D eigenvalue weighted by atomic mass is 14.9. The van der Waals surface area contributed by atoms with Crippen LogP contribution in [0, 0.1) is 12.8 Å². The van der Waals surface area contributed by atoms with E-state index in [9.17, 15) is 0 Å². The average molecular weight is 219 g/mol. The Morgan fingerprint density at radius 3 is 2.62 bits per heavy atom. The molecule has 1 rings (SSSR count). The fourth-order valence-corrected chi connectivity index (χ4v) is 1.96. The van der Waals surface area contributed by atoms with Gasteiger partial charge in [-0.05, 0) is 44.7 Å². The molecular formula is C15H25N. The van der Waals surface area contributed by atoms with Crippen molar-refractivity contribution in [3.05, 3.63) is 35.4 Å². The second-order valence-electron chi connectivity index (χ2n) is 4.91. The minimum atomic E-state index is 0.598. The lowest BCUT2D eigenvalue weighted by atomic mass is 9.94. The van der Waals surface area contributed by atoms with E-state index >= 15 is 0 Å². The first-order valence-electron chi connectivity index (χ1n) is 6.42. The van der Waals surface area contributed by atoms with Gasteiger partial charge in [-0.2, -0.15) is 0 Å². The van der Waals surface area contributed by atoms with Crippen molar-refractivity contribution in [2.75, 3.05) is 6.54 Å². The van der Waals surface area contributed by atoms with E-state index in [1.807, 2.05) is 0 Å². The van der Waals surface area contributed by atoms with Crippen LogP contribution in [-0.2, 0) is 6.42 Å². The molecule has 0 aliphatic heterocycles. The van der Waals surface area contributed by atoms with E-state index in [2.05, 4.69) is 57.3 Å². The maximum absolute atomic E-state index is 3.57. The Hall–Kier alpha value is -0.820. The van der Waals surface area contributed by atoms with Gasteiger partial charge in [-0.25, -0.2) is 0 Å². The first kappa shape index (κ1) is 13.2. The summed E-state index contributed by atoms with van der Waals surface area (Å²) in [6, 6.07) is 9.44. The lowest BCUT2D eigenvalue weighted by molar-refractivity contribution is 0.399. The third-order valence-corrected chi connectivity index (χ3v) is 3.21. The van der Waals surface area contributed by atoms with Crippen LogP contribution in [0.3, 0.4) is 0 Å². The van der Waals surface area contributed by atoms with Crippen molar-refractivity contribution in [3.63, 3.8) is 0 Å². The summed E-state index contributed by atoms with van der Waals surface area (Å²) in [5, 5.41) is 3.57. The fraction of sp³-hybridized carbons (Fsp3) is 0.600. The monoisotopic (exact) mass is 219 g/mol. The van der Waals surface area contributed by atoms with Crippen molar-refractivity contribution in [2.45, 2.75) is 46.6 Å². The maximum atomic E-state index is 3.57. The van der Waals surface area contributed by atoms with Gasteiger partial charge in [0.05, 0.1) is 0 Å². The number of nitrogens with one attached hydrogen (secondary N) is 1. The van der Waals surface area contributed by atoms with E-state index in [1.54, 1.807) is 0 Å². The van der Waals surface area contributed by atoms with Crippen molar-refractivity contribution in [3.8, 4) is 0 Å². The lowest BCUT2D eigenvalue weighted by Crippen LogP contribution is -2.33. The van der Waals surface area contributed by atoms with E-state index in [1.165, 1.54) is 24.0 Å². The van der Waals surface area contributed by atoms with E-state index in [0.717, 1.165) is 6.54 Å². The van der Waals surface area contributed by atoms with Crippen molar-refractivity contribution < 1.29 is 0 Å². The first-order chi connectivity index (χ1) is 7.63. The van der Waals surface area contributed by atoms with Crippen LogP contribution in [-0.4, -0.2) is 12.6 Å². The molecular weight excluding hydrogens is 194 g/mol. The normalized spacial score (nSPS) is 14.8. The van der Waals surface area contributed by atoms with Crippen LogP contribution in [0.1, 0.15) is 38.3 Å². The van der Waals surface area contributed by atoms with E-state index in [-0.39, 0.29) is 0 Å². The number of benzene rings is 1. The van der Waals surface area contributed by atoms with Crippen LogP contribution < -0.4 is 5.32 Å². The topological polar surface area (TPSA) is 12.0 Å². The van der Waals surface area contributed by atoms with E-state index in [0.29, 0.717) is 12.0 Å². The zero-order chi connectivity index (χ0) is 12.0. The lowest BCUT2D eigenvalue weighted by Gasteiger charge is -2.21. The van der Waals surface area contributed by atoms with Gasteiger partial charge < -0.3 is 5.32 Å². The largest absolute Gasteiger partial charge is 0.314 e. The Morgan fingerprint density at radius 2 is 2.00 bits per heavy atom. The number of rotatable bonds is 6. The molecule has 0 bridgehead atoms. The molecule has 1 aromatic rings. The van der Waals surface area contributed by atoms with Crippen LogP contribution in [0.5, 0.6) is 0 Å². The van der Waals surface area contributed by atoms with Crippen molar-refractivity contribution in [2.24, 2.45) is 5.92 Å². The molecule has 16 heavy (non-hydrogen) atoms. The van der Waals surface area contributed by atoms with Crippen molar-refractivity contribution >= 4 is 0 Å². The summed E-state index contributed by atoms with van der Waals surface area (Å²) < 4.78 is 0. The van der Waals surface area contributed by atoms with Gasteiger partial charge in [-0.1, -0.05) is 43.7 Å². The van der Waals surface area contributed by atoms with Gasteiger partial charge in [0.2, 0.25) is 0 Å². The van der Waals surface area contributed by atoms with Crippen molar-refractivity contribution in [1.82, 2.24) is 5.32 Å². The number of hydrogen-bond donors (Lipinski definition) is 1. The Kier molecular flexibility index (Phi) is 5.54. The molecule has 90 valence electrons. The molecule has 0 aliphatic carbocycles. The zero-order valence-corrected chi connectivity index (χ0v) is 11.1. The number of hydrogen-bond acceptors (Lipinski definition) is 1. The quantitative estimate of drug-likeness (QED) is 0.771. The van der Waals surface area contributed by atoms with Crippen LogP contribution >= 0.6 is 0 Å². The Labute approximate surface area is 100 Å². The Morgan fingerprint density at radius 1 is 1.25 bits per heavy atom. The molecule has 1 nitrogen and oxygen atoms in total. The summed E-state index contributed by atoms with van der Waals surface area (Å²) in [5.41, 5.74) is 2.82. The van der Waals surface area contributed by atoms with Crippen LogP contribution in [0.25, 0.3) is 0 Å². The predicted molar refractivity (Wildman–Crippen MR) is 71.8 cm³/mol. The molecule has 1 heteroatoms. The molecule has 0 spiro atoms. The molecule has 0 radical (unpaired) electrons. The van der Waals surface area contributed by atoms with Gasteiger partial charge in [-0.15, -0.1) is 0 Å². The van der Waals surface area contributed by atoms with Crippen LogP contribution in [0.15, 0.2) is 24.3 Å². The first-order valence-corrected chi connectivity index (χ1v) is 6.42. The third-order valence-electron chi connectivity index (χ3n) is 3.21. The van der Waals surface area contributed by atoms with Gasteiger partial charge in [0.15, 0.2) is 0 Å². The average Bonchev–Trinajstić information content (AvgIpc) is 2.25. The third kappa shape index (κ3) is 4.36. The number of aryl methyl sites for hydroxylation is 1.